The first kappa shape index (κ1) is 30.8. The maximum absolute atomic E-state index is 14.2. The standard InChI is InChI=1S/C35H38N4O5S/c1-3-5-9-30-29(34(41)39(33(38-30)26-17-18-26)35-36-20-27(21-37-35)44-4-2)19-23-11-13-24(14-12-23)28-8-6-7-10-32(28)45(42,43)22-31(40)25-15-16-25/h6-8,10-14,20-21,25-26H,3-5,9,15-19,22H2,1-2H3. The maximum atomic E-state index is 14.2. The van der Waals surface area contributed by atoms with E-state index in [-0.39, 0.29) is 34.0 Å². The van der Waals surface area contributed by atoms with Gasteiger partial charge in [0.05, 0.1) is 29.6 Å². The van der Waals surface area contributed by atoms with E-state index in [2.05, 4.69) is 16.9 Å². The van der Waals surface area contributed by atoms with Crippen LogP contribution in [0.25, 0.3) is 17.1 Å². The molecule has 0 unspecified atom stereocenters. The quantitative estimate of drug-likeness (QED) is 0.176. The Labute approximate surface area is 263 Å². The number of benzene rings is 2. The Morgan fingerprint density at radius 1 is 0.978 bits per heavy atom. The van der Waals surface area contributed by atoms with Crippen LogP contribution in [-0.4, -0.2) is 46.1 Å². The second-order valence-corrected chi connectivity index (χ2v) is 13.9. The molecular formula is C35H38N4O5S. The second-order valence-electron chi connectivity index (χ2n) is 11.9. The van der Waals surface area contributed by atoms with Crippen molar-refractivity contribution in [3.63, 3.8) is 0 Å². The number of Topliss-reactive ketones (excluding diaryl/α,β-unsaturated/α-hetero) is 1. The van der Waals surface area contributed by atoms with Crippen molar-refractivity contribution < 1.29 is 17.9 Å². The van der Waals surface area contributed by atoms with E-state index in [1.54, 1.807) is 41.2 Å². The van der Waals surface area contributed by atoms with Crippen molar-refractivity contribution in [3.8, 4) is 22.8 Å². The fourth-order valence-corrected chi connectivity index (χ4v) is 7.16. The Morgan fingerprint density at radius 3 is 2.33 bits per heavy atom. The number of carbonyl (C=O) groups is 1. The minimum absolute atomic E-state index is 0.119. The van der Waals surface area contributed by atoms with Crippen molar-refractivity contribution in [2.45, 2.75) is 76.0 Å². The van der Waals surface area contributed by atoms with Gasteiger partial charge in [0.25, 0.3) is 5.56 Å². The molecule has 9 nitrogen and oxygen atoms in total. The van der Waals surface area contributed by atoms with Crippen molar-refractivity contribution in [2.75, 3.05) is 12.4 Å². The van der Waals surface area contributed by atoms with Crippen molar-refractivity contribution in [3.05, 3.63) is 93.9 Å². The first-order valence-corrected chi connectivity index (χ1v) is 17.5. The van der Waals surface area contributed by atoms with E-state index in [9.17, 15) is 18.0 Å². The maximum Gasteiger partial charge on any atom is 0.264 e. The fraction of sp³-hybridized carbons (Fsp3) is 0.400. The molecule has 0 bridgehead atoms. The van der Waals surface area contributed by atoms with Crippen LogP contribution in [0.5, 0.6) is 5.75 Å². The van der Waals surface area contributed by atoms with E-state index in [0.717, 1.165) is 55.3 Å². The van der Waals surface area contributed by atoms with E-state index >= 15 is 0 Å². The summed E-state index contributed by atoms with van der Waals surface area (Å²) in [5, 5.41) is 0. The molecule has 2 aliphatic carbocycles. The highest BCUT2D eigenvalue weighted by Crippen LogP contribution is 2.39. The van der Waals surface area contributed by atoms with Gasteiger partial charge in [0, 0.05) is 29.4 Å². The summed E-state index contributed by atoms with van der Waals surface area (Å²) in [6.07, 6.45) is 9.62. The summed E-state index contributed by atoms with van der Waals surface area (Å²) in [5.41, 5.74) is 3.44. The summed E-state index contributed by atoms with van der Waals surface area (Å²) in [7, 11) is -3.79. The molecule has 0 atom stereocenters. The Morgan fingerprint density at radius 2 is 1.69 bits per heavy atom. The molecule has 0 N–H and O–H groups in total. The van der Waals surface area contributed by atoms with Gasteiger partial charge in [-0.2, -0.15) is 0 Å². The van der Waals surface area contributed by atoms with E-state index in [1.807, 2.05) is 31.2 Å². The van der Waals surface area contributed by atoms with E-state index < -0.39 is 15.6 Å². The lowest BCUT2D eigenvalue weighted by Gasteiger charge is -2.16. The molecule has 2 aromatic heterocycles. The summed E-state index contributed by atoms with van der Waals surface area (Å²) in [5.74, 6) is 0.952. The number of aryl methyl sites for hydroxylation is 1. The number of sulfone groups is 1. The molecule has 2 aromatic carbocycles. The first-order chi connectivity index (χ1) is 21.8. The molecule has 45 heavy (non-hydrogen) atoms. The highest BCUT2D eigenvalue weighted by Gasteiger charge is 2.34. The number of unbranched alkanes of at least 4 members (excludes halogenated alkanes) is 1. The average molecular weight is 627 g/mol. The van der Waals surface area contributed by atoms with Crippen LogP contribution in [0, 0.1) is 5.92 Å². The van der Waals surface area contributed by atoms with Gasteiger partial charge in [-0.3, -0.25) is 9.59 Å². The van der Waals surface area contributed by atoms with E-state index in [0.29, 0.717) is 42.1 Å². The second kappa shape index (κ2) is 13.0. The number of ketones is 1. The zero-order valence-corrected chi connectivity index (χ0v) is 26.6. The number of rotatable bonds is 14. The Bertz CT molecular complexity index is 1860. The summed E-state index contributed by atoms with van der Waals surface area (Å²) >= 11 is 0. The van der Waals surface area contributed by atoms with Gasteiger partial charge in [0.15, 0.2) is 21.4 Å². The van der Waals surface area contributed by atoms with Crippen LogP contribution in [0.2, 0.25) is 0 Å². The molecule has 0 amide bonds. The first-order valence-electron chi connectivity index (χ1n) is 15.8. The summed E-state index contributed by atoms with van der Waals surface area (Å²) < 4.78 is 33.5. The van der Waals surface area contributed by atoms with Crippen LogP contribution in [0.4, 0.5) is 0 Å². The predicted molar refractivity (Wildman–Crippen MR) is 172 cm³/mol. The van der Waals surface area contributed by atoms with Crippen LogP contribution in [0.15, 0.2) is 70.6 Å². The van der Waals surface area contributed by atoms with Crippen molar-refractivity contribution >= 4 is 15.6 Å². The van der Waals surface area contributed by atoms with E-state index in [1.165, 1.54) is 0 Å². The zero-order chi connectivity index (χ0) is 31.6. The zero-order valence-electron chi connectivity index (χ0n) is 25.7. The normalized spacial score (nSPS) is 14.8. The van der Waals surface area contributed by atoms with Crippen LogP contribution in [0.1, 0.15) is 80.9 Å². The molecule has 234 valence electrons. The molecule has 2 aliphatic rings. The third kappa shape index (κ3) is 6.91. The van der Waals surface area contributed by atoms with Gasteiger partial charge in [0.1, 0.15) is 11.6 Å². The highest BCUT2D eigenvalue weighted by atomic mass is 32.2. The minimum Gasteiger partial charge on any atom is -0.491 e. The predicted octanol–water partition coefficient (Wildman–Crippen LogP) is 5.65. The molecule has 0 saturated heterocycles. The van der Waals surface area contributed by atoms with Gasteiger partial charge in [-0.1, -0.05) is 55.8 Å². The van der Waals surface area contributed by atoms with Gasteiger partial charge in [-0.25, -0.2) is 27.9 Å². The smallest absolute Gasteiger partial charge is 0.264 e. The lowest BCUT2D eigenvalue weighted by molar-refractivity contribution is -0.117. The average Bonchev–Trinajstić information content (AvgIpc) is 3.96. The molecule has 4 aromatic rings. The summed E-state index contributed by atoms with van der Waals surface area (Å²) in [6.45, 7) is 4.50. The number of aromatic nitrogens is 4. The molecule has 2 fully saturated rings. The SMILES string of the molecule is CCCCc1nc(C2CC2)n(-c2ncc(OCC)cn2)c(=O)c1Cc1ccc(-c2ccccc2S(=O)(=O)CC(=O)C2CC2)cc1. The van der Waals surface area contributed by atoms with Crippen molar-refractivity contribution in [1.29, 1.82) is 0 Å². The van der Waals surface area contributed by atoms with Crippen molar-refractivity contribution in [2.24, 2.45) is 5.92 Å². The minimum atomic E-state index is -3.79. The van der Waals surface area contributed by atoms with E-state index in [4.69, 9.17) is 9.72 Å². The Hall–Kier alpha value is -4.18. The van der Waals surface area contributed by atoms with Gasteiger partial charge < -0.3 is 4.74 Å². The van der Waals surface area contributed by atoms with Crippen molar-refractivity contribution in [1.82, 2.24) is 19.5 Å². The van der Waals surface area contributed by atoms with Gasteiger partial charge >= 0.3 is 0 Å². The number of nitrogens with zero attached hydrogens (tertiary/aromatic N) is 4. The molecule has 0 radical (unpaired) electrons. The highest BCUT2D eigenvalue weighted by molar-refractivity contribution is 7.92. The van der Waals surface area contributed by atoms with Crippen LogP contribution in [-0.2, 0) is 27.5 Å². The molecule has 0 spiro atoms. The third-order valence-electron chi connectivity index (χ3n) is 8.36. The largest absolute Gasteiger partial charge is 0.491 e. The molecule has 10 heteroatoms. The molecular weight excluding hydrogens is 588 g/mol. The van der Waals surface area contributed by atoms with Crippen LogP contribution < -0.4 is 10.3 Å². The monoisotopic (exact) mass is 626 g/mol. The molecule has 2 heterocycles. The van der Waals surface area contributed by atoms with Crippen LogP contribution in [0.3, 0.4) is 0 Å². The summed E-state index contributed by atoms with van der Waals surface area (Å²) in [6, 6.07) is 14.4. The molecule has 0 aliphatic heterocycles. The third-order valence-corrected chi connectivity index (χ3v) is 10.0. The number of carbonyl (C=O) groups excluding carboxylic acids is 1. The van der Waals surface area contributed by atoms with Gasteiger partial charge in [-0.05, 0) is 62.6 Å². The van der Waals surface area contributed by atoms with Gasteiger partial charge in [-0.15, -0.1) is 0 Å². The number of ether oxygens (including phenoxy) is 1. The Balaban J connectivity index is 1.34. The lowest BCUT2D eigenvalue weighted by atomic mass is 9.98. The van der Waals surface area contributed by atoms with Crippen LogP contribution >= 0.6 is 0 Å². The fourth-order valence-electron chi connectivity index (χ4n) is 5.59. The molecule has 2 saturated carbocycles. The lowest BCUT2D eigenvalue weighted by Crippen LogP contribution is -2.30. The number of hydrogen-bond donors (Lipinski definition) is 0. The summed E-state index contributed by atoms with van der Waals surface area (Å²) in [4.78, 5) is 40.7. The number of hydrogen-bond acceptors (Lipinski definition) is 8. The Kier molecular flexibility index (Phi) is 8.94. The topological polar surface area (TPSA) is 121 Å². The molecule has 6 rings (SSSR count). The van der Waals surface area contributed by atoms with Gasteiger partial charge in [0.2, 0.25) is 5.95 Å².